The first kappa shape index (κ1) is 38.6. The van der Waals surface area contributed by atoms with Gasteiger partial charge in [-0.05, 0) is 0 Å². The summed E-state index contributed by atoms with van der Waals surface area (Å²) in [5, 5.41) is 0. The normalized spacial score (nSPS) is 11.8. The molecule has 4 aromatic carbocycles. The molecule has 4 rings (SSSR count). The van der Waals surface area contributed by atoms with E-state index in [9.17, 15) is 0 Å². The molecule has 0 nitrogen and oxygen atoms in total. The Hall–Kier alpha value is -3.21. The Morgan fingerprint density at radius 1 is 0.286 bits per heavy atom. The average molecular weight is 812 g/mol. The molecule has 0 aromatic heterocycles. The van der Waals surface area contributed by atoms with Gasteiger partial charge in [-0.25, -0.2) is 0 Å². The third-order valence-electron chi connectivity index (χ3n) is 7.60. The van der Waals surface area contributed by atoms with Gasteiger partial charge in [0.1, 0.15) is 0 Å². The predicted octanol–water partition coefficient (Wildman–Crippen LogP) is 7.98. The molecule has 0 saturated heterocycles. The van der Waals surface area contributed by atoms with Crippen molar-refractivity contribution in [1.29, 1.82) is 0 Å². The summed E-state index contributed by atoms with van der Waals surface area (Å²) < 4.78 is 5.60. The van der Waals surface area contributed by atoms with E-state index >= 15 is 0 Å². The first-order valence-corrected chi connectivity index (χ1v) is 37.0. The standard InChI is InChI=1S/4C11H13Si.Sn/c4*1-12(2,3)10-9-11-7-5-4-6-8-11;/h4*5-8H,1-3H3;. The van der Waals surface area contributed by atoms with Crippen LogP contribution in [0.25, 0.3) is 0 Å². The number of rotatable bonds is 4. The van der Waals surface area contributed by atoms with E-state index in [-0.39, 0.29) is 0 Å². The van der Waals surface area contributed by atoms with Crippen molar-refractivity contribution in [3.63, 3.8) is 0 Å². The molecule has 0 aliphatic rings. The zero-order valence-electron chi connectivity index (χ0n) is 31.7. The zero-order chi connectivity index (χ0) is 36.1. The van der Waals surface area contributed by atoms with Crippen molar-refractivity contribution in [3.8, 4) is 45.9 Å². The third-order valence-corrected chi connectivity index (χ3v) is 24.8. The van der Waals surface area contributed by atoms with Crippen molar-refractivity contribution in [3.05, 3.63) is 119 Å². The molecule has 248 valence electrons. The molecule has 0 heterocycles. The van der Waals surface area contributed by atoms with Gasteiger partial charge in [0, 0.05) is 0 Å². The van der Waals surface area contributed by atoms with E-state index in [1.165, 1.54) is 14.3 Å². The van der Waals surface area contributed by atoms with Gasteiger partial charge in [-0.15, -0.1) is 0 Å². The van der Waals surface area contributed by atoms with E-state index in [1.807, 2.05) is 0 Å². The molecule has 0 unspecified atom stereocenters. The fourth-order valence-corrected chi connectivity index (χ4v) is 20.6. The zero-order valence-corrected chi connectivity index (χ0v) is 38.6. The Morgan fingerprint density at radius 3 is 0.592 bits per heavy atom. The number of benzene rings is 4. The van der Waals surface area contributed by atoms with Crippen LogP contribution in [0.2, 0.25) is 78.6 Å². The predicted molar refractivity (Wildman–Crippen MR) is 231 cm³/mol. The van der Waals surface area contributed by atoms with Crippen molar-refractivity contribution in [1.82, 2.24) is 0 Å². The van der Waals surface area contributed by atoms with Crippen LogP contribution in [-0.4, -0.2) is 50.7 Å². The van der Waals surface area contributed by atoms with Gasteiger partial charge in [0.25, 0.3) is 0 Å². The summed E-state index contributed by atoms with van der Waals surface area (Å²) >= 11 is -3.91. The van der Waals surface area contributed by atoms with E-state index in [1.54, 1.807) is 0 Å². The summed E-state index contributed by atoms with van der Waals surface area (Å²) in [4.78, 5) is 0. The van der Waals surface area contributed by atoms with Gasteiger partial charge in [-0.2, -0.15) is 0 Å². The van der Waals surface area contributed by atoms with E-state index in [0.29, 0.717) is 0 Å². The molecular weight excluding hydrogens is 760 g/mol. The van der Waals surface area contributed by atoms with Crippen LogP contribution in [0.1, 0.15) is 22.3 Å². The third kappa shape index (κ3) is 11.4. The summed E-state index contributed by atoms with van der Waals surface area (Å²) in [7, 11) is -5.98. The van der Waals surface area contributed by atoms with Crippen molar-refractivity contribution >= 4 is 65.0 Å². The summed E-state index contributed by atoms with van der Waals surface area (Å²) in [6.07, 6.45) is 0. The first-order chi connectivity index (χ1) is 22.7. The van der Waals surface area contributed by atoms with Crippen LogP contribution in [0, 0.1) is 45.9 Å². The Bertz CT molecular complexity index is 1710. The van der Waals surface area contributed by atoms with Crippen LogP contribution in [0.5, 0.6) is 0 Å². The fraction of sp³-hybridized carbons (Fsp3) is 0.273. The van der Waals surface area contributed by atoms with E-state index in [4.69, 9.17) is 0 Å². The molecule has 0 aliphatic heterocycles. The number of hydrogen-bond acceptors (Lipinski definition) is 0. The van der Waals surface area contributed by atoms with Gasteiger partial charge in [-0.1, -0.05) is 0 Å². The molecule has 0 saturated carbocycles. The van der Waals surface area contributed by atoms with Gasteiger partial charge < -0.3 is 0 Å². The molecule has 0 spiro atoms. The quantitative estimate of drug-likeness (QED) is 0.145. The first-order valence-electron chi connectivity index (χ1n) is 17.3. The minimum absolute atomic E-state index is 1.08. The summed E-state index contributed by atoms with van der Waals surface area (Å²) in [6, 6.07) is 36.8. The van der Waals surface area contributed by atoms with Gasteiger partial charge in [0.2, 0.25) is 0 Å². The van der Waals surface area contributed by atoms with Crippen LogP contribution in [0.4, 0.5) is 0 Å². The van der Waals surface area contributed by atoms with Crippen LogP contribution in [0.15, 0.2) is 97.1 Å². The second kappa shape index (κ2) is 15.4. The molecule has 0 aliphatic carbocycles. The molecule has 5 heteroatoms. The van der Waals surface area contributed by atoms with Crippen molar-refractivity contribution < 1.29 is 0 Å². The van der Waals surface area contributed by atoms with Crippen molar-refractivity contribution in [2.45, 2.75) is 78.6 Å². The number of hydrogen-bond donors (Lipinski definition) is 0. The maximum absolute atomic E-state index is 3.91. The molecule has 0 amide bonds. The molecule has 0 radical (unpaired) electrons. The van der Waals surface area contributed by atoms with Crippen LogP contribution in [0.3, 0.4) is 0 Å². The monoisotopic (exact) mass is 812 g/mol. The average Bonchev–Trinajstić information content (AvgIpc) is 3.02. The Kier molecular flexibility index (Phi) is 12.1. The Morgan fingerprint density at radius 2 is 0.449 bits per heavy atom. The maximum atomic E-state index is 3.55. The van der Waals surface area contributed by atoms with Gasteiger partial charge in [0.05, 0.1) is 0 Å². The van der Waals surface area contributed by atoms with Gasteiger partial charge in [-0.3, -0.25) is 0 Å². The van der Waals surface area contributed by atoms with Crippen LogP contribution < -0.4 is 14.3 Å². The Balaban J connectivity index is 2.02. The van der Waals surface area contributed by atoms with E-state index in [2.05, 4.69) is 221 Å². The molecular formula is C44H52Si4Sn. The minimum atomic E-state index is -3.91. The van der Waals surface area contributed by atoms with Gasteiger partial charge in [0.15, 0.2) is 0 Å². The van der Waals surface area contributed by atoms with E-state index in [0.717, 1.165) is 22.3 Å². The summed E-state index contributed by atoms with van der Waals surface area (Å²) in [5.41, 5.74) is 18.5. The van der Waals surface area contributed by atoms with Gasteiger partial charge >= 0.3 is 309 Å². The Labute approximate surface area is 306 Å². The van der Waals surface area contributed by atoms with Crippen molar-refractivity contribution in [2.75, 3.05) is 0 Å². The summed E-state index contributed by atoms with van der Waals surface area (Å²) in [5.74, 6) is 13.9. The van der Waals surface area contributed by atoms with Crippen LogP contribution >= 0.6 is 0 Å². The second-order valence-corrected chi connectivity index (χ2v) is 46.9. The van der Waals surface area contributed by atoms with Crippen LogP contribution in [-0.2, 0) is 0 Å². The molecule has 4 aromatic rings. The second-order valence-electron chi connectivity index (χ2n) is 17.1. The van der Waals surface area contributed by atoms with Crippen molar-refractivity contribution in [2.24, 2.45) is 0 Å². The topological polar surface area (TPSA) is 0 Å². The molecule has 49 heavy (non-hydrogen) atoms. The molecule has 0 bridgehead atoms. The SMILES string of the molecule is C[Si](C)(C)C#Cc1cc[c]([Sn]([c]2ccc(C#C[Si](C)(C)C)cc2)([c]2ccc(C#C[Si](C)(C)C)cc2)[c]2ccc(C#C[Si](C)(C)C)cc2)cc1. The molecule has 0 atom stereocenters. The van der Waals surface area contributed by atoms with E-state index < -0.39 is 50.7 Å². The summed E-state index contributed by atoms with van der Waals surface area (Å²) in [6.45, 7) is 27.5. The molecule has 0 N–H and O–H groups in total. The molecule has 0 fully saturated rings. The fourth-order valence-electron chi connectivity index (χ4n) is 5.25.